The number of hydrogen-bond donors (Lipinski definition) is 1. The van der Waals surface area contributed by atoms with Gasteiger partial charge in [-0.3, -0.25) is 9.59 Å². The Morgan fingerprint density at radius 2 is 1.62 bits per heavy atom. The number of carbonyl (C=O) groups excluding carboxylic acids is 1. The van der Waals surface area contributed by atoms with Crippen LogP contribution in [0.3, 0.4) is 0 Å². The summed E-state index contributed by atoms with van der Waals surface area (Å²) in [6, 6.07) is 9.49. The molecule has 1 aliphatic rings. The Labute approximate surface area is 125 Å². The van der Waals surface area contributed by atoms with E-state index in [1.165, 1.54) is 12.8 Å². The van der Waals surface area contributed by atoms with E-state index in [0.717, 1.165) is 31.5 Å². The van der Waals surface area contributed by atoms with E-state index < -0.39 is 5.97 Å². The summed E-state index contributed by atoms with van der Waals surface area (Å²) in [7, 11) is 0. The number of carboxylic acid groups (broad SMARTS) is 1. The molecule has 1 N–H and O–H groups in total. The molecule has 4 heteroatoms. The van der Waals surface area contributed by atoms with E-state index in [2.05, 4.69) is 0 Å². The standard InChI is InChI=1S/C17H23NO3/c19-16(18-10-6-1-2-7-11-18)12-15(13-17(20)21)14-8-4-3-5-9-14/h3-5,8-9,15H,1-2,6-7,10-13H2,(H,20,21)/t15-/m0/s1. The van der Waals surface area contributed by atoms with Gasteiger partial charge in [0.05, 0.1) is 6.42 Å². The third-order valence-electron chi connectivity index (χ3n) is 4.07. The highest BCUT2D eigenvalue weighted by molar-refractivity contribution is 5.78. The molecular formula is C17H23NO3. The van der Waals surface area contributed by atoms with Crippen LogP contribution < -0.4 is 0 Å². The fraction of sp³-hybridized carbons (Fsp3) is 0.529. The van der Waals surface area contributed by atoms with Crippen LogP contribution in [0.4, 0.5) is 0 Å². The maximum atomic E-state index is 12.4. The van der Waals surface area contributed by atoms with Crippen molar-refractivity contribution in [3.05, 3.63) is 35.9 Å². The highest BCUT2D eigenvalue weighted by Gasteiger charge is 2.23. The van der Waals surface area contributed by atoms with Gasteiger partial charge in [-0.2, -0.15) is 0 Å². The van der Waals surface area contributed by atoms with Gasteiger partial charge in [0.2, 0.25) is 5.91 Å². The molecule has 1 aromatic rings. The number of nitrogens with zero attached hydrogens (tertiary/aromatic N) is 1. The first-order chi connectivity index (χ1) is 10.2. The first kappa shape index (κ1) is 15.5. The van der Waals surface area contributed by atoms with Crippen LogP contribution in [0, 0.1) is 0 Å². The Morgan fingerprint density at radius 3 is 2.19 bits per heavy atom. The van der Waals surface area contributed by atoms with Crippen LogP contribution in [0.25, 0.3) is 0 Å². The summed E-state index contributed by atoms with van der Waals surface area (Å²) < 4.78 is 0. The highest BCUT2D eigenvalue weighted by atomic mass is 16.4. The predicted octanol–water partition coefficient (Wildman–Crippen LogP) is 3.04. The fourth-order valence-electron chi connectivity index (χ4n) is 2.90. The van der Waals surface area contributed by atoms with Crippen LogP contribution in [0.5, 0.6) is 0 Å². The molecule has 1 heterocycles. The Bertz CT molecular complexity index is 464. The maximum Gasteiger partial charge on any atom is 0.303 e. The molecule has 2 rings (SSSR count). The zero-order valence-corrected chi connectivity index (χ0v) is 12.3. The summed E-state index contributed by atoms with van der Waals surface area (Å²) in [5, 5.41) is 9.09. The summed E-state index contributed by atoms with van der Waals surface area (Å²) in [6.45, 7) is 1.63. The molecule has 1 saturated heterocycles. The van der Waals surface area contributed by atoms with Crippen LogP contribution in [-0.2, 0) is 9.59 Å². The summed E-state index contributed by atoms with van der Waals surface area (Å²) in [6.07, 6.45) is 4.77. The van der Waals surface area contributed by atoms with Gasteiger partial charge in [-0.1, -0.05) is 43.2 Å². The zero-order chi connectivity index (χ0) is 15.1. The van der Waals surface area contributed by atoms with Crippen molar-refractivity contribution < 1.29 is 14.7 Å². The average molecular weight is 289 g/mol. The van der Waals surface area contributed by atoms with Crippen molar-refractivity contribution in [2.75, 3.05) is 13.1 Å². The Morgan fingerprint density at radius 1 is 1.00 bits per heavy atom. The summed E-state index contributed by atoms with van der Waals surface area (Å²) in [5.41, 5.74) is 0.933. The third-order valence-corrected chi connectivity index (χ3v) is 4.07. The predicted molar refractivity (Wildman–Crippen MR) is 81.1 cm³/mol. The van der Waals surface area contributed by atoms with Crippen LogP contribution in [-0.4, -0.2) is 35.0 Å². The van der Waals surface area contributed by atoms with E-state index in [1.54, 1.807) is 0 Å². The quantitative estimate of drug-likeness (QED) is 0.906. The van der Waals surface area contributed by atoms with Gasteiger partial charge in [0.15, 0.2) is 0 Å². The summed E-state index contributed by atoms with van der Waals surface area (Å²) in [5.74, 6) is -1.00. The molecule has 21 heavy (non-hydrogen) atoms. The average Bonchev–Trinajstić information content (AvgIpc) is 2.76. The summed E-state index contributed by atoms with van der Waals surface area (Å²) >= 11 is 0. The molecule has 0 aromatic heterocycles. The number of rotatable bonds is 5. The van der Waals surface area contributed by atoms with Crippen LogP contribution in [0.1, 0.15) is 50.0 Å². The molecule has 0 spiro atoms. The van der Waals surface area contributed by atoms with Crippen molar-refractivity contribution in [1.82, 2.24) is 4.90 Å². The summed E-state index contributed by atoms with van der Waals surface area (Å²) in [4.78, 5) is 25.4. The lowest BCUT2D eigenvalue weighted by Crippen LogP contribution is -2.33. The minimum absolute atomic E-state index is 0.00356. The molecule has 0 aliphatic carbocycles. The number of aliphatic carboxylic acids is 1. The van der Waals surface area contributed by atoms with Gasteiger partial charge in [0, 0.05) is 25.4 Å². The minimum Gasteiger partial charge on any atom is -0.481 e. The molecule has 0 bridgehead atoms. The second-order valence-corrected chi connectivity index (χ2v) is 5.70. The van der Waals surface area contributed by atoms with Crippen molar-refractivity contribution >= 4 is 11.9 Å². The lowest BCUT2D eigenvalue weighted by atomic mass is 9.92. The van der Waals surface area contributed by atoms with Crippen LogP contribution >= 0.6 is 0 Å². The van der Waals surface area contributed by atoms with Crippen molar-refractivity contribution in [2.45, 2.75) is 44.4 Å². The molecular weight excluding hydrogens is 266 g/mol. The lowest BCUT2D eigenvalue weighted by molar-refractivity contribution is -0.138. The topological polar surface area (TPSA) is 57.6 Å². The van der Waals surface area contributed by atoms with Gasteiger partial charge in [-0.05, 0) is 18.4 Å². The normalized spacial score (nSPS) is 17.0. The second-order valence-electron chi connectivity index (χ2n) is 5.70. The van der Waals surface area contributed by atoms with Crippen molar-refractivity contribution in [3.8, 4) is 0 Å². The third kappa shape index (κ3) is 4.88. The number of carbonyl (C=O) groups is 2. The lowest BCUT2D eigenvalue weighted by Gasteiger charge is -2.23. The smallest absolute Gasteiger partial charge is 0.303 e. The Kier molecular flexibility index (Phi) is 5.78. The molecule has 1 aromatic carbocycles. The molecule has 0 saturated carbocycles. The van der Waals surface area contributed by atoms with Gasteiger partial charge in [-0.15, -0.1) is 0 Å². The number of benzene rings is 1. The van der Waals surface area contributed by atoms with Gasteiger partial charge < -0.3 is 10.0 Å². The molecule has 0 radical (unpaired) electrons. The molecule has 114 valence electrons. The molecule has 1 amide bonds. The second kappa shape index (κ2) is 7.81. The van der Waals surface area contributed by atoms with E-state index in [4.69, 9.17) is 5.11 Å². The van der Waals surface area contributed by atoms with Crippen LogP contribution in [0.2, 0.25) is 0 Å². The van der Waals surface area contributed by atoms with E-state index in [9.17, 15) is 9.59 Å². The number of likely N-dealkylation sites (tertiary alicyclic amines) is 1. The Hall–Kier alpha value is -1.84. The largest absolute Gasteiger partial charge is 0.481 e. The fourth-order valence-corrected chi connectivity index (χ4v) is 2.90. The van der Waals surface area contributed by atoms with Gasteiger partial charge in [0.1, 0.15) is 0 Å². The maximum absolute atomic E-state index is 12.4. The molecule has 4 nitrogen and oxygen atoms in total. The number of hydrogen-bond acceptors (Lipinski definition) is 2. The molecule has 0 unspecified atom stereocenters. The first-order valence-corrected chi connectivity index (χ1v) is 7.71. The van der Waals surface area contributed by atoms with Gasteiger partial charge in [0.25, 0.3) is 0 Å². The zero-order valence-electron chi connectivity index (χ0n) is 12.3. The van der Waals surface area contributed by atoms with E-state index in [1.807, 2.05) is 35.2 Å². The van der Waals surface area contributed by atoms with Gasteiger partial charge in [-0.25, -0.2) is 0 Å². The van der Waals surface area contributed by atoms with Gasteiger partial charge >= 0.3 is 5.97 Å². The molecule has 1 fully saturated rings. The van der Waals surface area contributed by atoms with Crippen LogP contribution in [0.15, 0.2) is 30.3 Å². The van der Waals surface area contributed by atoms with Crippen molar-refractivity contribution in [1.29, 1.82) is 0 Å². The monoisotopic (exact) mass is 289 g/mol. The number of carboxylic acids is 1. The first-order valence-electron chi connectivity index (χ1n) is 7.71. The van der Waals surface area contributed by atoms with E-state index >= 15 is 0 Å². The van der Waals surface area contributed by atoms with E-state index in [-0.39, 0.29) is 24.7 Å². The van der Waals surface area contributed by atoms with Crippen molar-refractivity contribution in [2.24, 2.45) is 0 Å². The molecule has 1 aliphatic heterocycles. The highest BCUT2D eigenvalue weighted by Crippen LogP contribution is 2.25. The molecule has 1 atom stereocenters. The van der Waals surface area contributed by atoms with Crippen molar-refractivity contribution in [3.63, 3.8) is 0 Å². The van der Waals surface area contributed by atoms with E-state index in [0.29, 0.717) is 0 Å². The minimum atomic E-state index is -0.854. The SMILES string of the molecule is O=C(O)C[C@H](CC(=O)N1CCCCCC1)c1ccccc1. The Balaban J connectivity index is 2.03. The number of amides is 1.